The van der Waals surface area contributed by atoms with Crippen molar-refractivity contribution in [3.05, 3.63) is 23.3 Å². The molecule has 1 rings (SSSR count). The first kappa shape index (κ1) is 14.2. The van der Waals surface area contributed by atoms with Crippen LogP contribution in [0.2, 0.25) is 0 Å². The molecule has 1 aliphatic rings. The Labute approximate surface area is 104 Å². The monoisotopic (exact) mass is 236 g/mol. The fourth-order valence-corrected chi connectivity index (χ4v) is 1.84. The lowest BCUT2D eigenvalue weighted by Gasteiger charge is -2.01. The number of ketones is 1. The summed E-state index contributed by atoms with van der Waals surface area (Å²) in [5.41, 5.74) is 2.54. The van der Waals surface area contributed by atoms with Crippen molar-refractivity contribution in [1.29, 1.82) is 0 Å². The van der Waals surface area contributed by atoms with Crippen LogP contribution in [0.1, 0.15) is 52.4 Å². The van der Waals surface area contributed by atoms with Gasteiger partial charge in [-0.1, -0.05) is 23.3 Å². The first-order chi connectivity index (χ1) is 8.13. The van der Waals surface area contributed by atoms with Crippen LogP contribution < -0.4 is 0 Å². The molecular formula is C15H24O2. The second-order valence-corrected chi connectivity index (χ2v) is 5.06. The van der Waals surface area contributed by atoms with Crippen LogP contribution in [0.5, 0.6) is 0 Å². The van der Waals surface area contributed by atoms with Gasteiger partial charge < -0.3 is 5.11 Å². The molecule has 0 aromatic heterocycles. The molecular weight excluding hydrogens is 212 g/mol. The van der Waals surface area contributed by atoms with Crippen LogP contribution in [0.25, 0.3) is 0 Å². The SMILES string of the molecule is C/C(=C\CO)CC/C=C(\C)CCC(=O)C1CC1. The summed E-state index contributed by atoms with van der Waals surface area (Å²) in [6.45, 7) is 4.27. The third-order valence-corrected chi connectivity index (χ3v) is 3.27. The maximum Gasteiger partial charge on any atom is 0.136 e. The van der Waals surface area contributed by atoms with Crippen molar-refractivity contribution in [2.24, 2.45) is 5.92 Å². The quantitative estimate of drug-likeness (QED) is 0.656. The van der Waals surface area contributed by atoms with Crippen molar-refractivity contribution in [3.63, 3.8) is 0 Å². The van der Waals surface area contributed by atoms with Gasteiger partial charge in [0.2, 0.25) is 0 Å². The molecule has 2 nitrogen and oxygen atoms in total. The number of Topliss-reactive ketones (excluding diaryl/α,β-unsaturated/α-hetero) is 1. The van der Waals surface area contributed by atoms with Crippen LogP contribution in [0.15, 0.2) is 23.3 Å². The summed E-state index contributed by atoms with van der Waals surface area (Å²) >= 11 is 0. The van der Waals surface area contributed by atoms with Gasteiger partial charge in [-0.3, -0.25) is 4.79 Å². The Balaban J connectivity index is 2.15. The van der Waals surface area contributed by atoms with Crippen LogP contribution in [0.4, 0.5) is 0 Å². The van der Waals surface area contributed by atoms with E-state index in [0.29, 0.717) is 11.7 Å². The van der Waals surface area contributed by atoms with E-state index in [9.17, 15) is 4.79 Å². The summed E-state index contributed by atoms with van der Waals surface area (Å²) in [5, 5.41) is 8.72. The smallest absolute Gasteiger partial charge is 0.136 e. The number of carbonyl (C=O) groups is 1. The highest BCUT2D eigenvalue weighted by Crippen LogP contribution is 2.31. The largest absolute Gasteiger partial charge is 0.392 e. The van der Waals surface area contributed by atoms with E-state index < -0.39 is 0 Å². The summed E-state index contributed by atoms with van der Waals surface area (Å²) in [4.78, 5) is 11.5. The number of rotatable bonds is 8. The first-order valence-corrected chi connectivity index (χ1v) is 6.58. The first-order valence-electron chi connectivity index (χ1n) is 6.58. The molecule has 0 radical (unpaired) electrons. The van der Waals surface area contributed by atoms with E-state index in [1.807, 2.05) is 13.0 Å². The Bertz CT molecular complexity index is 309. The van der Waals surface area contributed by atoms with E-state index >= 15 is 0 Å². The van der Waals surface area contributed by atoms with Crippen LogP contribution in [-0.4, -0.2) is 17.5 Å². The average Bonchev–Trinajstić information content (AvgIpc) is 3.10. The molecule has 1 fully saturated rings. The van der Waals surface area contributed by atoms with E-state index in [1.54, 1.807) is 0 Å². The molecule has 0 atom stereocenters. The predicted molar refractivity (Wildman–Crippen MR) is 70.8 cm³/mol. The van der Waals surface area contributed by atoms with Gasteiger partial charge >= 0.3 is 0 Å². The predicted octanol–water partition coefficient (Wildman–Crippen LogP) is 3.41. The zero-order valence-electron chi connectivity index (χ0n) is 11.0. The Kier molecular flexibility index (Phi) is 6.20. The van der Waals surface area contributed by atoms with Crippen molar-refractivity contribution in [2.75, 3.05) is 6.61 Å². The van der Waals surface area contributed by atoms with E-state index in [1.165, 1.54) is 11.1 Å². The second kappa shape index (κ2) is 7.44. The normalized spacial score (nSPS) is 17.4. The molecule has 0 saturated heterocycles. The minimum absolute atomic E-state index is 0.129. The Morgan fingerprint density at radius 1 is 1.12 bits per heavy atom. The molecule has 0 spiro atoms. The van der Waals surface area contributed by atoms with Gasteiger partial charge in [-0.2, -0.15) is 0 Å². The molecule has 17 heavy (non-hydrogen) atoms. The molecule has 0 aromatic carbocycles. The van der Waals surface area contributed by atoms with Gasteiger partial charge in [0.1, 0.15) is 5.78 Å². The Morgan fingerprint density at radius 2 is 1.76 bits per heavy atom. The minimum atomic E-state index is 0.129. The molecule has 1 saturated carbocycles. The highest BCUT2D eigenvalue weighted by Gasteiger charge is 2.28. The van der Waals surface area contributed by atoms with Gasteiger partial charge in [0.15, 0.2) is 0 Å². The second-order valence-electron chi connectivity index (χ2n) is 5.06. The standard InChI is InChI=1S/C15H24O2/c1-12(4-3-5-13(2)10-11-16)6-9-15(17)14-7-8-14/h4,10,14,16H,3,5-9,11H2,1-2H3/b12-4+,13-10+. The lowest BCUT2D eigenvalue weighted by molar-refractivity contribution is -0.120. The zero-order valence-corrected chi connectivity index (χ0v) is 11.0. The maximum absolute atomic E-state index is 11.5. The molecule has 0 heterocycles. The van der Waals surface area contributed by atoms with Crippen molar-refractivity contribution in [3.8, 4) is 0 Å². The van der Waals surface area contributed by atoms with Gasteiger partial charge in [0.25, 0.3) is 0 Å². The van der Waals surface area contributed by atoms with E-state index in [2.05, 4.69) is 13.0 Å². The summed E-state index contributed by atoms with van der Waals surface area (Å²) in [7, 11) is 0. The van der Waals surface area contributed by atoms with Gasteiger partial charge in [-0.05, 0) is 46.0 Å². The molecule has 1 aliphatic carbocycles. The van der Waals surface area contributed by atoms with Gasteiger partial charge in [-0.25, -0.2) is 0 Å². The van der Waals surface area contributed by atoms with Crippen molar-refractivity contribution in [1.82, 2.24) is 0 Å². The van der Waals surface area contributed by atoms with E-state index in [4.69, 9.17) is 5.11 Å². The highest BCUT2D eigenvalue weighted by atomic mass is 16.2. The highest BCUT2D eigenvalue weighted by molar-refractivity contribution is 5.83. The lowest BCUT2D eigenvalue weighted by Crippen LogP contribution is -1.99. The van der Waals surface area contributed by atoms with Crippen LogP contribution in [-0.2, 0) is 4.79 Å². The third-order valence-electron chi connectivity index (χ3n) is 3.27. The summed E-state index contributed by atoms with van der Waals surface area (Å²) in [5.74, 6) is 0.853. The summed E-state index contributed by atoms with van der Waals surface area (Å²) < 4.78 is 0. The lowest BCUT2D eigenvalue weighted by atomic mass is 10.0. The van der Waals surface area contributed by atoms with Crippen molar-refractivity contribution >= 4 is 5.78 Å². The molecule has 0 aromatic rings. The molecule has 0 unspecified atom stereocenters. The number of carbonyl (C=O) groups excluding carboxylic acids is 1. The Hall–Kier alpha value is -0.890. The number of hydrogen-bond donors (Lipinski definition) is 1. The maximum atomic E-state index is 11.5. The van der Waals surface area contributed by atoms with Crippen molar-refractivity contribution < 1.29 is 9.90 Å². The van der Waals surface area contributed by atoms with Crippen LogP contribution >= 0.6 is 0 Å². The summed E-state index contributed by atoms with van der Waals surface area (Å²) in [6.07, 6.45) is 9.94. The molecule has 1 N–H and O–H groups in total. The fourth-order valence-electron chi connectivity index (χ4n) is 1.84. The minimum Gasteiger partial charge on any atom is -0.392 e. The van der Waals surface area contributed by atoms with Crippen LogP contribution in [0.3, 0.4) is 0 Å². The molecule has 0 amide bonds. The Morgan fingerprint density at radius 3 is 2.35 bits per heavy atom. The van der Waals surface area contributed by atoms with E-state index in [-0.39, 0.29) is 6.61 Å². The fraction of sp³-hybridized carbons (Fsp3) is 0.667. The van der Waals surface area contributed by atoms with Crippen LogP contribution in [0, 0.1) is 5.92 Å². The molecule has 96 valence electrons. The molecule has 0 aliphatic heterocycles. The zero-order chi connectivity index (χ0) is 12.7. The van der Waals surface area contributed by atoms with E-state index in [0.717, 1.165) is 38.5 Å². The molecule has 0 bridgehead atoms. The van der Waals surface area contributed by atoms with Crippen molar-refractivity contribution in [2.45, 2.75) is 52.4 Å². The van der Waals surface area contributed by atoms with Gasteiger partial charge in [0, 0.05) is 12.3 Å². The number of aliphatic hydroxyl groups is 1. The third kappa shape index (κ3) is 6.42. The van der Waals surface area contributed by atoms with Gasteiger partial charge in [0.05, 0.1) is 6.61 Å². The molecule has 2 heteroatoms. The number of hydrogen-bond acceptors (Lipinski definition) is 2. The van der Waals surface area contributed by atoms with Gasteiger partial charge in [-0.15, -0.1) is 0 Å². The summed E-state index contributed by atoms with van der Waals surface area (Å²) in [6, 6.07) is 0. The average molecular weight is 236 g/mol. The topological polar surface area (TPSA) is 37.3 Å². The number of allylic oxidation sites excluding steroid dienone is 3. The number of aliphatic hydroxyl groups excluding tert-OH is 1.